The highest BCUT2D eigenvalue weighted by molar-refractivity contribution is 6.09. The maximum atomic E-state index is 12.3. The Labute approximate surface area is 134 Å². The molecule has 6 nitrogen and oxygen atoms in total. The van der Waals surface area contributed by atoms with Crippen molar-refractivity contribution in [2.75, 3.05) is 0 Å². The highest BCUT2D eigenvalue weighted by Crippen LogP contribution is 2.48. The van der Waals surface area contributed by atoms with Gasteiger partial charge in [-0.3, -0.25) is 25.0 Å². The molecule has 2 aliphatic heterocycles. The van der Waals surface area contributed by atoms with E-state index in [1.165, 1.54) is 0 Å². The van der Waals surface area contributed by atoms with Crippen molar-refractivity contribution >= 4 is 17.8 Å². The number of hydrogen-bond donors (Lipinski definition) is 3. The summed E-state index contributed by atoms with van der Waals surface area (Å²) in [5.41, 5.74) is -0.602. The van der Waals surface area contributed by atoms with Gasteiger partial charge in [0.1, 0.15) is 5.54 Å². The van der Waals surface area contributed by atoms with Gasteiger partial charge in [-0.25, -0.2) is 0 Å². The lowest BCUT2D eigenvalue weighted by Crippen LogP contribution is -2.56. The molecule has 2 amide bonds. The van der Waals surface area contributed by atoms with Crippen molar-refractivity contribution in [1.82, 2.24) is 10.6 Å². The van der Waals surface area contributed by atoms with Gasteiger partial charge in [0.25, 0.3) is 0 Å². The highest BCUT2D eigenvalue weighted by atomic mass is 16.4. The summed E-state index contributed by atoms with van der Waals surface area (Å²) in [7, 11) is 0. The lowest BCUT2D eigenvalue weighted by Gasteiger charge is -2.31. The molecule has 0 aliphatic carbocycles. The first kappa shape index (κ1) is 15.7. The fraction of sp³-hybridized carbons (Fsp3) is 0.471. The fourth-order valence-electron chi connectivity index (χ4n) is 3.99. The molecule has 3 rings (SSSR count). The van der Waals surface area contributed by atoms with E-state index in [4.69, 9.17) is 0 Å². The molecule has 2 fully saturated rings. The predicted octanol–water partition coefficient (Wildman–Crippen LogP) is 1.09. The van der Waals surface area contributed by atoms with Crippen LogP contribution in [0.5, 0.6) is 0 Å². The molecule has 2 heterocycles. The van der Waals surface area contributed by atoms with Gasteiger partial charge in [0.2, 0.25) is 11.8 Å². The number of fused-ring (bicyclic) bond motifs is 1. The van der Waals surface area contributed by atoms with E-state index in [0.29, 0.717) is 0 Å². The number of carboxylic acids is 1. The zero-order valence-corrected chi connectivity index (χ0v) is 13.1. The Bertz CT molecular complexity index is 658. The SMILES string of the molecule is CC(C)CC1(C(=O)O)NC(c2ccccc2)C2C(=O)NC(=O)C21. The van der Waals surface area contributed by atoms with Crippen LogP contribution in [0.2, 0.25) is 0 Å². The summed E-state index contributed by atoms with van der Waals surface area (Å²) in [5, 5.41) is 15.3. The molecule has 0 spiro atoms. The molecule has 2 saturated heterocycles. The lowest BCUT2D eigenvalue weighted by atomic mass is 9.75. The Morgan fingerprint density at radius 3 is 2.43 bits per heavy atom. The smallest absolute Gasteiger partial charge is 0.324 e. The van der Waals surface area contributed by atoms with Crippen LogP contribution in [0.3, 0.4) is 0 Å². The third-order valence-corrected chi connectivity index (χ3v) is 4.76. The third-order valence-electron chi connectivity index (χ3n) is 4.76. The largest absolute Gasteiger partial charge is 0.480 e. The van der Waals surface area contributed by atoms with Crippen LogP contribution in [0.25, 0.3) is 0 Å². The van der Waals surface area contributed by atoms with Crippen molar-refractivity contribution in [2.24, 2.45) is 17.8 Å². The van der Waals surface area contributed by atoms with E-state index in [2.05, 4.69) is 10.6 Å². The number of hydrogen-bond acceptors (Lipinski definition) is 4. The van der Waals surface area contributed by atoms with Gasteiger partial charge in [0.15, 0.2) is 0 Å². The van der Waals surface area contributed by atoms with Gasteiger partial charge in [-0.1, -0.05) is 44.2 Å². The van der Waals surface area contributed by atoms with Crippen molar-refractivity contribution in [2.45, 2.75) is 31.8 Å². The van der Waals surface area contributed by atoms with Gasteiger partial charge in [0.05, 0.1) is 11.8 Å². The summed E-state index contributed by atoms with van der Waals surface area (Å²) < 4.78 is 0. The molecular weight excluding hydrogens is 296 g/mol. The molecule has 2 aliphatic rings. The monoisotopic (exact) mass is 316 g/mol. The van der Waals surface area contributed by atoms with E-state index in [-0.39, 0.29) is 12.3 Å². The maximum Gasteiger partial charge on any atom is 0.324 e. The van der Waals surface area contributed by atoms with E-state index in [1.54, 1.807) is 0 Å². The van der Waals surface area contributed by atoms with Crippen LogP contribution >= 0.6 is 0 Å². The second-order valence-corrected chi connectivity index (χ2v) is 6.76. The zero-order valence-electron chi connectivity index (χ0n) is 13.1. The quantitative estimate of drug-likeness (QED) is 0.723. The molecule has 0 saturated carbocycles. The Kier molecular flexibility index (Phi) is 3.72. The van der Waals surface area contributed by atoms with Crippen LogP contribution < -0.4 is 10.6 Å². The van der Waals surface area contributed by atoms with Crippen LogP contribution in [0.15, 0.2) is 30.3 Å². The van der Waals surface area contributed by atoms with Crippen molar-refractivity contribution in [1.29, 1.82) is 0 Å². The molecule has 4 atom stereocenters. The molecule has 1 aromatic carbocycles. The van der Waals surface area contributed by atoms with E-state index in [0.717, 1.165) is 5.56 Å². The number of imide groups is 1. The summed E-state index contributed by atoms with van der Waals surface area (Å²) in [6.45, 7) is 3.82. The molecule has 0 bridgehead atoms. The minimum absolute atomic E-state index is 0.0669. The topological polar surface area (TPSA) is 95.5 Å². The Morgan fingerprint density at radius 2 is 1.87 bits per heavy atom. The van der Waals surface area contributed by atoms with E-state index in [9.17, 15) is 19.5 Å². The van der Waals surface area contributed by atoms with E-state index in [1.807, 2.05) is 44.2 Å². The number of rotatable bonds is 4. The molecule has 3 N–H and O–H groups in total. The molecule has 23 heavy (non-hydrogen) atoms. The minimum Gasteiger partial charge on any atom is -0.480 e. The molecule has 4 unspecified atom stereocenters. The molecule has 1 aromatic rings. The average molecular weight is 316 g/mol. The number of carboxylic acid groups (broad SMARTS) is 1. The van der Waals surface area contributed by atoms with Crippen molar-refractivity contribution in [3.05, 3.63) is 35.9 Å². The third kappa shape index (κ3) is 2.34. The predicted molar refractivity (Wildman–Crippen MR) is 82.3 cm³/mol. The normalized spacial score (nSPS) is 32.9. The van der Waals surface area contributed by atoms with E-state index >= 15 is 0 Å². The summed E-state index contributed by atoms with van der Waals surface area (Å²) >= 11 is 0. The second-order valence-electron chi connectivity index (χ2n) is 6.76. The molecule has 122 valence electrons. The number of amides is 2. The Morgan fingerprint density at radius 1 is 1.22 bits per heavy atom. The van der Waals surface area contributed by atoms with Gasteiger partial charge in [0, 0.05) is 6.04 Å². The first-order chi connectivity index (χ1) is 10.9. The lowest BCUT2D eigenvalue weighted by molar-refractivity contribution is -0.150. The number of nitrogens with one attached hydrogen (secondary N) is 2. The van der Waals surface area contributed by atoms with Crippen LogP contribution in [-0.4, -0.2) is 28.4 Å². The van der Waals surface area contributed by atoms with Crippen LogP contribution in [0, 0.1) is 17.8 Å². The number of carbonyl (C=O) groups is 3. The summed E-state index contributed by atoms with van der Waals surface area (Å²) in [6, 6.07) is 8.74. The second kappa shape index (κ2) is 5.45. The van der Waals surface area contributed by atoms with Gasteiger partial charge in [-0.2, -0.15) is 0 Å². The Balaban J connectivity index is 2.10. The molecular formula is C17H20N2O4. The molecule has 0 aromatic heterocycles. The van der Waals surface area contributed by atoms with Crippen LogP contribution in [0.4, 0.5) is 0 Å². The van der Waals surface area contributed by atoms with Crippen LogP contribution in [0.1, 0.15) is 31.9 Å². The summed E-state index contributed by atoms with van der Waals surface area (Å²) in [4.78, 5) is 36.7. The van der Waals surface area contributed by atoms with Crippen molar-refractivity contribution in [3.63, 3.8) is 0 Å². The molecule has 6 heteroatoms. The van der Waals surface area contributed by atoms with Crippen LogP contribution in [-0.2, 0) is 14.4 Å². The fourth-order valence-corrected chi connectivity index (χ4v) is 3.99. The van der Waals surface area contributed by atoms with Crippen molar-refractivity contribution in [3.8, 4) is 0 Å². The number of benzene rings is 1. The van der Waals surface area contributed by atoms with Crippen molar-refractivity contribution < 1.29 is 19.5 Å². The number of aliphatic carboxylic acids is 1. The summed E-state index contributed by atoms with van der Waals surface area (Å²) in [6.07, 6.45) is 0.285. The summed E-state index contributed by atoms with van der Waals surface area (Å²) in [5.74, 6) is -3.48. The first-order valence-electron chi connectivity index (χ1n) is 7.77. The van der Waals surface area contributed by atoms with Gasteiger partial charge >= 0.3 is 5.97 Å². The van der Waals surface area contributed by atoms with Gasteiger partial charge in [-0.15, -0.1) is 0 Å². The zero-order chi connectivity index (χ0) is 16.8. The van der Waals surface area contributed by atoms with Gasteiger partial charge in [-0.05, 0) is 17.9 Å². The first-order valence-corrected chi connectivity index (χ1v) is 7.77. The highest BCUT2D eigenvalue weighted by Gasteiger charge is 2.66. The molecule has 0 radical (unpaired) electrons. The standard InChI is InChI=1S/C17H20N2O4/c1-9(2)8-17(16(22)23)12-11(14(20)18-15(12)21)13(19-17)10-6-4-3-5-7-10/h3-7,9,11-13,19H,8H2,1-2H3,(H,22,23)(H,18,20,21). The average Bonchev–Trinajstić information content (AvgIpc) is 2.98. The van der Waals surface area contributed by atoms with E-state index < -0.39 is 41.2 Å². The maximum absolute atomic E-state index is 12.3. The minimum atomic E-state index is -1.42. The van der Waals surface area contributed by atoms with Gasteiger partial charge < -0.3 is 5.11 Å². The number of carbonyl (C=O) groups excluding carboxylic acids is 2. The Hall–Kier alpha value is -2.21.